The van der Waals surface area contributed by atoms with Crippen molar-refractivity contribution in [3.8, 4) is 0 Å². The lowest BCUT2D eigenvalue weighted by molar-refractivity contribution is 0.0599. The molecule has 0 unspecified atom stereocenters. The summed E-state index contributed by atoms with van der Waals surface area (Å²) in [7, 11) is 1.34. The highest BCUT2D eigenvalue weighted by molar-refractivity contribution is 9.09. The maximum Gasteiger partial charge on any atom is 0.338 e. The topological polar surface area (TPSA) is 43.4 Å². The minimum Gasteiger partial charge on any atom is -0.465 e. The molecule has 0 amide bonds. The quantitative estimate of drug-likeness (QED) is 0.487. The molecular weight excluding hydrogens is 272 g/mol. The molecule has 0 aliphatic carbocycles. The van der Waals surface area contributed by atoms with E-state index in [1.165, 1.54) is 7.11 Å². The van der Waals surface area contributed by atoms with Gasteiger partial charge in [-0.15, -0.1) is 0 Å². The zero-order chi connectivity index (χ0) is 12.3. The molecule has 0 saturated heterocycles. The number of hydrogen-bond acceptors (Lipinski definition) is 3. The van der Waals surface area contributed by atoms with Gasteiger partial charge in [-0.1, -0.05) is 15.9 Å². The van der Waals surface area contributed by atoms with Crippen molar-refractivity contribution in [1.29, 1.82) is 0 Å². The Labute approximate surface area is 103 Å². The maximum absolute atomic E-state index is 11.6. The van der Waals surface area contributed by atoms with Gasteiger partial charge in [0.1, 0.15) is 0 Å². The van der Waals surface area contributed by atoms with E-state index in [1.807, 2.05) is 6.92 Å². The summed E-state index contributed by atoms with van der Waals surface area (Å²) in [4.78, 5) is 23.0. The predicted octanol–water partition coefficient (Wildman–Crippen LogP) is 2.67. The lowest BCUT2D eigenvalue weighted by Crippen LogP contribution is -2.09. The van der Waals surface area contributed by atoms with Crippen molar-refractivity contribution < 1.29 is 14.3 Å². The molecule has 86 valence electrons. The van der Waals surface area contributed by atoms with Crippen LogP contribution in [0.5, 0.6) is 0 Å². The number of alkyl halides is 1. The third kappa shape index (κ3) is 2.50. The Bertz CT molecular complexity index is 396. The summed E-state index contributed by atoms with van der Waals surface area (Å²) < 4.78 is 4.67. The van der Waals surface area contributed by atoms with Crippen LogP contribution in [0.1, 0.15) is 31.8 Å². The van der Waals surface area contributed by atoms with E-state index in [1.54, 1.807) is 19.1 Å². The third-order valence-electron chi connectivity index (χ3n) is 2.40. The van der Waals surface area contributed by atoms with Crippen molar-refractivity contribution in [1.82, 2.24) is 0 Å². The van der Waals surface area contributed by atoms with Gasteiger partial charge in [0.2, 0.25) is 0 Å². The minimum absolute atomic E-state index is 0.0111. The van der Waals surface area contributed by atoms with Crippen LogP contribution < -0.4 is 0 Å². The third-order valence-corrected chi connectivity index (χ3v) is 2.91. The van der Waals surface area contributed by atoms with Crippen molar-refractivity contribution in [2.24, 2.45) is 0 Å². The number of carbonyl (C=O) groups is 2. The largest absolute Gasteiger partial charge is 0.465 e. The lowest BCUT2D eigenvalue weighted by atomic mass is 9.98. The van der Waals surface area contributed by atoms with Gasteiger partial charge in [-0.2, -0.15) is 0 Å². The number of rotatable bonds is 3. The molecule has 0 bridgehead atoms. The average Bonchev–Trinajstić information content (AvgIpc) is 2.29. The molecule has 0 aliphatic rings. The van der Waals surface area contributed by atoms with Crippen LogP contribution >= 0.6 is 15.9 Å². The molecular formula is C12H13BrO3. The minimum atomic E-state index is -0.376. The van der Waals surface area contributed by atoms with E-state index in [-0.39, 0.29) is 17.1 Å². The van der Waals surface area contributed by atoms with Gasteiger partial charge in [0.05, 0.1) is 18.0 Å². The van der Waals surface area contributed by atoms with Crippen LogP contribution in [0.25, 0.3) is 0 Å². The number of ether oxygens (including phenoxy) is 1. The molecule has 0 saturated carbocycles. The molecule has 0 N–H and O–H groups in total. The van der Waals surface area contributed by atoms with E-state index < -0.39 is 0 Å². The second-order valence-corrected chi connectivity index (χ2v) is 4.09. The fourth-order valence-corrected chi connectivity index (χ4v) is 1.82. The molecule has 1 rings (SSSR count). The number of hydrogen-bond donors (Lipinski definition) is 0. The molecule has 0 fully saturated rings. The Kier molecular flexibility index (Phi) is 4.24. The Morgan fingerprint density at radius 1 is 1.19 bits per heavy atom. The molecule has 3 nitrogen and oxygen atoms in total. The highest BCUT2D eigenvalue weighted by atomic mass is 79.9. The fourth-order valence-electron chi connectivity index (χ4n) is 1.52. The highest BCUT2D eigenvalue weighted by Crippen LogP contribution is 2.18. The van der Waals surface area contributed by atoms with E-state index in [4.69, 9.17) is 0 Å². The van der Waals surface area contributed by atoms with Gasteiger partial charge in [0.15, 0.2) is 5.78 Å². The van der Waals surface area contributed by atoms with Crippen LogP contribution in [0.2, 0.25) is 0 Å². The number of methoxy groups -OCH3 is 1. The standard InChI is InChI=1S/C12H13BrO3/c1-7-5-10(12(15)16-3)8(2)4-9(7)11(14)6-13/h4-5H,6H2,1-3H3. The van der Waals surface area contributed by atoms with Crippen LogP contribution in [0, 0.1) is 13.8 Å². The first-order chi connectivity index (χ1) is 7.51. The lowest BCUT2D eigenvalue weighted by Gasteiger charge is -2.09. The van der Waals surface area contributed by atoms with E-state index in [2.05, 4.69) is 20.7 Å². The van der Waals surface area contributed by atoms with E-state index in [0.29, 0.717) is 11.1 Å². The van der Waals surface area contributed by atoms with Gasteiger partial charge in [-0.25, -0.2) is 4.79 Å². The molecule has 0 spiro atoms. The average molecular weight is 285 g/mol. The van der Waals surface area contributed by atoms with Crippen LogP contribution in [0.15, 0.2) is 12.1 Å². The number of ketones is 1. The number of benzene rings is 1. The van der Waals surface area contributed by atoms with Gasteiger partial charge < -0.3 is 4.74 Å². The van der Waals surface area contributed by atoms with Gasteiger partial charge >= 0.3 is 5.97 Å². The molecule has 0 radical (unpaired) electrons. The first-order valence-corrected chi connectivity index (χ1v) is 5.92. The van der Waals surface area contributed by atoms with E-state index in [0.717, 1.165) is 11.1 Å². The molecule has 0 aliphatic heterocycles. The summed E-state index contributed by atoms with van der Waals surface area (Å²) in [6.07, 6.45) is 0. The molecule has 1 aromatic carbocycles. The summed E-state index contributed by atoms with van der Waals surface area (Å²) in [5, 5.41) is 0.283. The van der Waals surface area contributed by atoms with Crippen LogP contribution in [-0.2, 0) is 4.74 Å². The van der Waals surface area contributed by atoms with Gasteiger partial charge in [-0.3, -0.25) is 4.79 Å². The summed E-state index contributed by atoms with van der Waals surface area (Å²) in [5.74, 6) is -0.365. The molecule has 4 heteroatoms. The van der Waals surface area contributed by atoms with Gasteiger partial charge in [-0.05, 0) is 37.1 Å². The number of carbonyl (C=O) groups excluding carboxylic acids is 2. The van der Waals surface area contributed by atoms with E-state index in [9.17, 15) is 9.59 Å². The Hall–Kier alpha value is -1.16. The highest BCUT2D eigenvalue weighted by Gasteiger charge is 2.14. The summed E-state index contributed by atoms with van der Waals surface area (Å²) in [6, 6.07) is 3.42. The van der Waals surface area contributed by atoms with Crippen molar-refractivity contribution in [2.75, 3.05) is 12.4 Å². The second-order valence-electron chi connectivity index (χ2n) is 3.53. The molecule has 0 atom stereocenters. The number of aryl methyl sites for hydroxylation is 2. The van der Waals surface area contributed by atoms with E-state index >= 15 is 0 Å². The number of esters is 1. The zero-order valence-electron chi connectivity index (χ0n) is 9.46. The number of halogens is 1. The maximum atomic E-state index is 11.6. The fraction of sp³-hybridized carbons (Fsp3) is 0.333. The summed E-state index contributed by atoms with van der Waals surface area (Å²) >= 11 is 3.13. The Morgan fingerprint density at radius 2 is 1.69 bits per heavy atom. The second kappa shape index (κ2) is 5.25. The first-order valence-electron chi connectivity index (χ1n) is 4.80. The first kappa shape index (κ1) is 12.9. The van der Waals surface area contributed by atoms with Crippen LogP contribution in [0.4, 0.5) is 0 Å². The van der Waals surface area contributed by atoms with Crippen molar-refractivity contribution in [2.45, 2.75) is 13.8 Å². The zero-order valence-corrected chi connectivity index (χ0v) is 11.1. The monoisotopic (exact) mass is 284 g/mol. The normalized spacial score (nSPS) is 10.0. The molecule has 0 heterocycles. The van der Waals surface area contributed by atoms with Gasteiger partial charge in [0, 0.05) is 5.56 Å². The summed E-state index contributed by atoms with van der Waals surface area (Å²) in [5.41, 5.74) is 2.69. The Morgan fingerprint density at radius 3 is 2.19 bits per heavy atom. The van der Waals surface area contributed by atoms with Gasteiger partial charge in [0.25, 0.3) is 0 Å². The van der Waals surface area contributed by atoms with Crippen LogP contribution in [-0.4, -0.2) is 24.2 Å². The van der Waals surface area contributed by atoms with Crippen molar-refractivity contribution >= 4 is 27.7 Å². The molecule has 1 aromatic rings. The SMILES string of the molecule is COC(=O)c1cc(C)c(C(=O)CBr)cc1C. The Balaban J connectivity index is 3.27. The smallest absolute Gasteiger partial charge is 0.338 e. The van der Waals surface area contributed by atoms with Crippen LogP contribution in [0.3, 0.4) is 0 Å². The molecule has 0 aromatic heterocycles. The van der Waals surface area contributed by atoms with Crippen molar-refractivity contribution in [3.05, 3.63) is 34.4 Å². The number of Topliss-reactive ketones (excluding diaryl/α,β-unsaturated/α-hetero) is 1. The predicted molar refractivity (Wildman–Crippen MR) is 65.4 cm³/mol. The van der Waals surface area contributed by atoms with Crippen molar-refractivity contribution in [3.63, 3.8) is 0 Å². The summed E-state index contributed by atoms with van der Waals surface area (Å²) in [6.45, 7) is 3.60. The molecule has 16 heavy (non-hydrogen) atoms.